The van der Waals surface area contributed by atoms with Crippen molar-refractivity contribution in [3.63, 3.8) is 0 Å². The molecule has 0 aromatic heterocycles. The lowest BCUT2D eigenvalue weighted by Gasteiger charge is -2.32. The summed E-state index contributed by atoms with van der Waals surface area (Å²) in [6.45, 7) is 6.41. The van der Waals surface area contributed by atoms with Crippen molar-refractivity contribution < 1.29 is 9.59 Å². The molecule has 0 unspecified atom stereocenters. The molecule has 0 aromatic carbocycles. The molecule has 1 atom stereocenters. The molecule has 1 aliphatic carbocycles. The average Bonchev–Trinajstić information content (AvgIpc) is 2.15. The molecule has 0 saturated carbocycles. The highest BCUT2D eigenvalue weighted by molar-refractivity contribution is 5.91. The third-order valence-electron chi connectivity index (χ3n) is 3.33. The summed E-state index contributed by atoms with van der Waals surface area (Å²) in [6.07, 6.45) is 6.95. The van der Waals surface area contributed by atoms with Gasteiger partial charge in [0.1, 0.15) is 6.29 Å². The SMILES string of the molecule is CC[C@H](CCC=O)C1=CC(=O)CC(C)(C)C1. The van der Waals surface area contributed by atoms with Crippen molar-refractivity contribution in [2.24, 2.45) is 11.3 Å². The van der Waals surface area contributed by atoms with Gasteiger partial charge in [-0.1, -0.05) is 26.3 Å². The van der Waals surface area contributed by atoms with Crippen LogP contribution >= 0.6 is 0 Å². The second kappa shape index (κ2) is 5.42. The highest BCUT2D eigenvalue weighted by Crippen LogP contribution is 2.38. The standard InChI is InChI=1S/C14H22O2/c1-4-11(6-5-7-15)12-8-13(16)10-14(2,3)9-12/h7-8,11H,4-6,9-10H2,1-3H3/t11-/m1/s1. The van der Waals surface area contributed by atoms with Crippen molar-refractivity contribution in [1.82, 2.24) is 0 Å². The Morgan fingerprint density at radius 2 is 2.12 bits per heavy atom. The summed E-state index contributed by atoms with van der Waals surface area (Å²) in [6, 6.07) is 0. The van der Waals surface area contributed by atoms with E-state index in [0.29, 0.717) is 18.8 Å². The van der Waals surface area contributed by atoms with E-state index >= 15 is 0 Å². The first-order valence-electron chi connectivity index (χ1n) is 6.15. The lowest BCUT2D eigenvalue weighted by Crippen LogP contribution is -2.24. The predicted octanol–water partition coefficient (Wildman–Crippen LogP) is 3.31. The lowest BCUT2D eigenvalue weighted by atomic mass is 9.72. The van der Waals surface area contributed by atoms with Crippen molar-refractivity contribution in [1.29, 1.82) is 0 Å². The number of hydrogen-bond donors (Lipinski definition) is 0. The Hall–Kier alpha value is -0.920. The molecule has 0 aromatic rings. The van der Waals surface area contributed by atoms with Crippen LogP contribution in [0.2, 0.25) is 0 Å². The average molecular weight is 222 g/mol. The van der Waals surface area contributed by atoms with Crippen LogP contribution in [0.3, 0.4) is 0 Å². The molecule has 1 rings (SSSR count). The quantitative estimate of drug-likeness (QED) is 0.669. The molecule has 0 N–H and O–H groups in total. The predicted molar refractivity (Wildman–Crippen MR) is 65.2 cm³/mol. The third-order valence-corrected chi connectivity index (χ3v) is 3.33. The minimum atomic E-state index is 0.0930. The van der Waals surface area contributed by atoms with Crippen LogP contribution in [0.15, 0.2) is 11.6 Å². The van der Waals surface area contributed by atoms with Crippen molar-refractivity contribution in [2.75, 3.05) is 0 Å². The fourth-order valence-corrected chi connectivity index (χ4v) is 2.58. The summed E-state index contributed by atoms with van der Waals surface area (Å²) in [5, 5.41) is 0. The lowest BCUT2D eigenvalue weighted by molar-refractivity contribution is -0.117. The number of aldehydes is 1. The minimum absolute atomic E-state index is 0.0930. The number of carbonyl (C=O) groups excluding carboxylic acids is 2. The topological polar surface area (TPSA) is 34.1 Å². The third kappa shape index (κ3) is 3.58. The molecular formula is C14H22O2. The fourth-order valence-electron chi connectivity index (χ4n) is 2.58. The van der Waals surface area contributed by atoms with Gasteiger partial charge in [0.05, 0.1) is 0 Å². The highest BCUT2D eigenvalue weighted by Gasteiger charge is 2.29. The second-order valence-electron chi connectivity index (χ2n) is 5.55. The Bertz CT molecular complexity index is 300. The number of ketones is 1. The van der Waals surface area contributed by atoms with Crippen molar-refractivity contribution in [3.8, 4) is 0 Å². The van der Waals surface area contributed by atoms with E-state index in [1.807, 2.05) is 6.08 Å². The van der Waals surface area contributed by atoms with E-state index in [1.165, 1.54) is 5.57 Å². The van der Waals surface area contributed by atoms with Crippen molar-refractivity contribution >= 4 is 12.1 Å². The maximum atomic E-state index is 11.6. The zero-order chi connectivity index (χ0) is 12.2. The van der Waals surface area contributed by atoms with Gasteiger partial charge in [0.15, 0.2) is 5.78 Å². The minimum Gasteiger partial charge on any atom is -0.303 e. The molecule has 0 aliphatic heterocycles. The van der Waals surface area contributed by atoms with E-state index in [0.717, 1.165) is 25.5 Å². The Morgan fingerprint density at radius 1 is 1.44 bits per heavy atom. The first kappa shape index (κ1) is 13.1. The van der Waals surface area contributed by atoms with Crippen LogP contribution in [0.1, 0.15) is 52.9 Å². The molecule has 90 valence electrons. The molecule has 0 amide bonds. The first-order chi connectivity index (χ1) is 7.48. The summed E-state index contributed by atoms with van der Waals surface area (Å²) in [5.74, 6) is 0.657. The van der Waals surface area contributed by atoms with E-state index in [1.54, 1.807) is 0 Å². The molecule has 1 aliphatic rings. The zero-order valence-electron chi connectivity index (χ0n) is 10.6. The van der Waals surface area contributed by atoms with E-state index < -0.39 is 0 Å². The largest absolute Gasteiger partial charge is 0.303 e. The smallest absolute Gasteiger partial charge is 0.156 e. The number of hydrogen-bond acceptors (Lipinski definition) is 2. The molecule has 0 fully saturated rings. The van der Waals surface area contributed by atoms with Gasteiger partial charge in [-0.3, -0.25) is 4.79 Å². The first-order valence-corrected chi connectivity index (χ1v) is 6.15. The van der Waals surface area contributed by atoms with Crippen molar-refractivity contribution in [3.05, 3.63) is 11.6 Å². The van der Waals surface area contributed by atoms with Crippen LogP contribution in [-0.2, 0) is 9.59 Å². The van der Waals surface area contributed by atoms with Gasteiger partial charge in [-0.15, -0.1) is 0 Å². The monoisotopic (exact) mass is 222 g/mol. The van der Waals surface area contributed by atoms with Crippen LogP contribution in [-0.4, -0.2) is 12.1 Å². The molecule has 16 heavy (non-hydrogen) atoms. The van der Waals surface area contributed by atoms with Gasteiger partial charge < -0.3 is 4.79 Å². The fraction of sp³-hybridized carbons (Fsp3) is 0.714. The van der Waals surface area contributed by atoms with Gasteiger partial charge in [-0.2, -0.15) is 0 Å². The van der Waals surface area contributed by atoms with Gasteiger partial charge in [0.2, 0.25) is 0 Å². The van der Waals surface area contributed by atoms with Crippen LogP contribution in [0.25, 0.3) is 0 Å². The maximum absolute atomic E-state index is 11.6. The summed E-state index contributed by atoms with van der Waals surface area (Å²) in [5.41, 5.74) is 1.35. The van der Waals surface area contributed by atoms with Crippen molar-refractivity contribution in [2.45, 2.75) is 52.9 Å². The van der Waals surface area contributed by atoms with Gasteiger partial charge in [-0.25, -0.2) is 0 Å². The summed E-state index contributed by atoms with van der Waals surface area (Å²) in [7, 11) is 0. The van der Waals surface area contributed by atoms with Gasteiger partial charge in [0.25, 0.3) is 0 Å². The Kier molecular flexibility index (Phi) is 4.45. The molecule has 0 radical (unpaired) electrons. The Morgan fingerprint density at radius 3 is 2.62 bits per heavy atom. The molecule has 0 spiro atoms. The van der Waals surface area contributed by atoms with Crippen LogP contribution in [0.4, 0.5) is 0 Å². The molecular weight excluding hydrogens is 200 g/mol. The zero-order valence-corrected chi connectivity index (χ0v) is 10.6. The van der Waals surface area contributed by atoms with E-state index in [2.05, 4.69) is 20.8 Å². The molecule has 2 nitrogen and oxygen atoms in total. The maximum Gasteiger partial charge on any atom is 0.156 e. The normalized spacial score (nSPS) is 21.4. The summed E-state index contributed by atoms with van der Waals surface area (Å²) >= 11 is 0. The number of carbonyl (C=O) groups is 2. The van der Waals surface area contributed by atoms with Gasteiger partial charge >= 0.3 is 0 Å². The van der Waals surface area contributed by atoms with E-state index in [4.69, 9.17) is 0 Å². The number of rotatable bonds is 5. The Labute approximate surface area is 98.1 Å². The summed E-state index contributed by atoms with van der Waals surface area (Å²) < 4.78 is 0. The molecule has 0 saturated heterocycles. The number of allylic oxidation sites excluding steroid dienone is 2. The van der Waals surface area contributed by atoms with Crippen LogP contribution < -0.4 is 0 Å². The van der Waals surface area contributed by atoms with Gasteiger partial charge in [0, 0.05) is 12.8 Å². The summed E-state index contributed by atoms with van der Waals surface area (Å²) in [4.78, 5) is 22.1. The van der Waals surface area contributed by atoms with E-state index in [9.17, 15) is 9.59 Å². The van der Waals surface area contributed by atoms with Crippen LogP contribution in [0.5, 0.6) is 0 Å². The molecule has 2 heteroatoms. The van der Waals surface area contributed by atoms with Gasteiger partial charge in [-0.05, 0) is 36.7 Å². The van der Waals surface area contributed by atoms with Crippen LogP contribution in [0, 0.1) is 11.3 Å². The van der Waals surface area contributed by atoms with E-state index in [-0.39, 0.29) is 11.2 Å². The molecule has 0 bridgehead atoms. The highest BCUT2D eigenvalue weighted by atomic mass is 16.1. The second-order valence-corrected chi connectivity index (χ2v) is 5.55. The Balaban J connectivity index is 2.76. The molecule has 0 heterocycles.